The molecule has 1 aromatic carbocycles. The molecule has 2 N–H and O–H groups in total. The van der Waals surface area contributed by atoms with Crippen molar-refractivity contribution in [2.24, 2.45) is 0 Å². The number of hydrogen-bond donors (Lipinski definition) is 2. The lowest BCUT2D eigenvalue weighted by Gasteiger charge is -2.12. The number of benzene rings is 1. The van der Waals surface area contributed by atoms with E-state index in [9.17, 15) is 14.9 Å². The van der Waals surface area contributed by atoms with Gasteiger partial charge in [0.25, 0.3) is 5.69 Å². The van der Waals surface area contributed by atoms with E-state index in [0.29, 0.717) is 11.4 Å². The molecule has 7 heteroatoms. The van der Waals surface area contributed by atoms with Crippen molar-refractivity contribution in [3.8, 4) is 0 Å². The SMILES string of the molecule is CNc1cc(NCC(=O)N(C)C)cc([N+](=O)[O-])c1. The van der Waals surface area contributed by atoms with Crippen molar-refractivity contribution in [3.05, 3.63) is 28.3 Å². The van der Waals surface area contributed by atoms with Crippen LogP contribution in [0.4, 0.5) is 17.1 Å². The van der Waals surface area contributed by atoms with Crippen LogP contribution in [0, 0.1) is 10.1 Å². The molecule has 0 saturated heterocycles. The van der Waals surface area contributed by atoms with Gasteiger partial charge in [0.05, 0.1) is 11.5 Å². The highest BCUT2D eigenvalue weighted by molar-refractivity contribution is 5.80. The van der Waals surface area contributed by atoms with Gasteiger partial charge < -0.3 is 15.5 Å². The summed E-state index contributed by atoms with van der Waals surface area (Å²) in [5, 5.41) is 16.4. The van der Waals surface area contributed by atoms with Gasteiger partial charge in [-0.05, 0) is 6.07 Å². The summed E-state index contributed by atoms with van der Waals surface area (Å²) >= 11 is 0. The number of amides is 1. The van der Waals surface area contributed by atoms with Crippen LogP contribution in [0.3, 0.4) is 0 Å². The summed E-state index contributed by atoms with van der Waals surface area (Å²) in [6, 6.07) is 4.53. The molecule has 0 unspecified atom stereocenters. The van der Waals surface area contributed by atoms with Gasteiger partial charge in [0, 0.05) is 44.7 Å². The zero-order chi connectivity index (χ0) is 13.7. The second-order valence-electron chi connectivity index (χ2n) is 3.92. The first kappa shape index (κ1) is 13.8. The molecule has 0 aromatic heterocycles. The average Bonchev–Trinajstić information content (AvgIpc) is 2.35. The number of nitrogens with one attached hydrogen (secondary N) is 2. The number of carbonyl (C=O) groups is 1. The standard InChI is InChI=1S/C11H16N4O3/c1-12-8-4-9(6-10(5-8)15(17)18)13-7-11(16)14(2)3/h4-6,12-13H,7H2,1-3H3. The predicted molar refractivity (Wildman–Crippen MR) is 69.8 cm³/mol. The number of non-ortho nitro benzene ring substituents is 1. The lowest BCUT2D eigenvalue weighted by molar-refractivity contribution is -0.384. The van der Waals surface area contributed by atoms with Crippen LogP contribution in [0.15, 0.2) is 18.2 Å². The molecule has 0 saturated carbocycles. The summed E-state index contributed by atoms with van der Waals surface area (Å²) in [5.74, 6) is -0.104. The summed E-state index contributed by atoms with van der Waals surface area (Å²) in [6.45, 7) is 0.0946. The Kier molecular flexibility index (Phi) is 4.47. The molecule has 0 radical (unpaired) electrons. The third-order valence-electron chi connectivity index (χ3n) is 2.36. The van der Waals surface area contributed by atoms with E-state index >= 15 is 0 Å². The van der Waals surface area contributed by atoms with Crippen LogP contribution in [0.2, 0.25) is 0 Å². The smallest absolute Gasteiger partial charge is 0.273 e. The van der Waals surface area contributed by atoms with Crippen molar-refractivity contribution < 1.29 is 9.72 Å². The number of hydrogen-bond acceptors (Lipinski definition) is 5. The van der Waals surface area contributed by atoms with Gasteiger partial charge in [0.15, 0.2) is 0 Å². The molecule has 7 nitrogen and oxygen atoms in total. The number of anilines is 2. The van der Waals surface area contributed by atoms with E-state index < -0.39 is 4.92 Å². The average molecular weight is 252 g/mol. The number of nitro benzene ring substituents is 1. The minimum absolute atomic E-state index is 0.0262. The maximum Gasteiger partial charge on any atom is 0.273 e. The van der Waals surface area contributed by atoms with E-state index in [1.54, 1.807) is 27.2 Å². The van der Waals surface area contributed by atoms with Crippen molar-refractivity contribution in [2.75, 3.05) is 38.3 Å². The molecular formula is C11H16N4O3. The highest BCUT2D eigenvalue weighted by Crippen LogP contribution is 2.23. The molecule has 0 heterocycles. The number of likely N-dealkylation sites (N-methyl/N-ethyl adjacent to an activating group) is 1. The van der Waals surface area contributed by atoms with Gasteiger partial charge in [0.2, 0.25) is 5.91 Å². The molecule has 0 aliphatic carbocycles. The van der Waals surface area contributed by atoms with Crippen molar-refractivity contribution >= 4 is 23.0 Å². The molecule has 1 amide bonds. The molecule has 0 atom stereocenters. The Balaban J connectivity index is 2.85. The van der Waals surface area contributed by atoms with Gasteiger partial charge in [-0.25, -0.2) is 0 Å². The first-order chi connectivity index (χ1) is 8.43. The fourth-order valence-electron chi connectivity index (χ4n) is 1.30. The molecule has 1 aromatic rings. The number of carbonyl (C=O) groups excluding carboxylic acids is 1. The lowest BCUT2D eigenvalue weighted by atomic mass is 10.2. The molecule has 0 aliphatic heterocycles. The van der Waals surface area contributed by atoms with Crippen molar-refractivity contribution in [1.29, 1.82) is 0 Å². The molecule has 0 spiro atoms. The normalized spacial score (nSPS) is 9.72. The minimum Gasteiger partial charge on any atom is -0.388 e. The molecule has 1 rings (SSSR count). The van der Waals surface area contributed by atoms with Crippen LogP contribution in [0.5, 0.6) is 0 Å². The van der Waals surface area contributed by atoms with Gasteiger partial charge in [0.1, 0.15) is 0 Å². The number of nitro groups is 1. The monoisotopic (exact) mass is 252 g/mol. The van der Waals surface area contributed by atoms with Crippen LogP contribution in [0.25, 0.3) is 0 Å². The summed E-state index contributed by atoms with van der Waals surface area (Å²) in [5.41, 5.74) is 1.12. The summed E-state index contributed by atoms with van der Waals surface area (Å²) in [7, 11) is 4.97. The molecule has 98 valence electrons. The first-order valence-electron chi connectivity index (χ1n) is 5.35. The zero-order valence-electron chi connectivity index (χ0n) is 10.6. The topological polar surface area (TPSA) is 87.5 Å². The molecule has 0 bridgehead atoms. The van der Waals surface area contributed by atoms with Crippen molar-refractivity contribution in [1.82, 2.24) is 4.90 Å². The van der Waals surface area contributed by atoms with E-state index in [1.165, 1.54) is 17.0 Å². The lowest BCUT2D eigenvalue weighted by Crippen LogP contribution is -2.28. The Morgan fingerprint density at radius 2 is 1.94 bits per heavy atom. The zero-order valence-corrected chi connectivity index (χ0v) is 10.6. The van der Waals surface area contributed by atoms with Crippen molar-refractivity contribution in [3.63, 3.8) is 0 Å². The van der Waals surface area contributed by atoms with Crippen LogP contribution in [0.1, 0.15) is 0 Å². The molecule has 0 aliphatic rings. The van der Waals surface area contributed by atoms with Crippen LogP contribution >= 0.6 is 0 Å². The van der Waals surface area contributed by atoms with E-state index in [0.717, 1.165) is 0 Å². The number of nitrogens with zero attached hydrogens (tertiary/aromatic N) is 2. The van der Waals surface area contributed by atoms with Gasteiger partial charge in [-0.2, -0.15) is 0 Å². The summed E-state index contributed by atoms with van der Waals surface area (Å²) in [4.78, 5) is 23.1. The Morgan fingerprint density at radius 3 is 2.44 bits per heavy atom. The highest BCUT2D eigenvalue weighted by Gasteiger charge is 2.10. The van der Waals surface area contributed by atoms with Gasteiger partial charge in [-0.15, -0.1) is 0 Å². The van der Waals surface area contributed by atoms with Crippen molar-refractivity contribution in [2.45, 2.75) is 0 Å². The Labute approximate surface area is 105 Å². The van der Waals surface area contributed by atoms with Gasteiger partial charge in [-0.1, -0.05) is 0 Å². The fraction of sp³-hybridized carbons (Fsp3) is 0.364. The van der Waals surface area contributed by atoms with E-state index in [1.807, 2.05) is 0 Å². The molecule has 0 fully saturated rings. The molecular weight excluding hydrogens is 236 g/mol. The Morgan fingerprint density at radius 1 is 1.33 bits per heavy atom. The van der Waals surface area contributed by atoms with Crippen LogP contribution in [-0.2, 0) is 4.79 Å². The second kappa shape index (κ2) is 5.85. The summed E-state index contributed by atoms with van der Waals surface area (Å²) < 4.78 is 0. The number of rotatable bonds is 5. The quantitative estimate of drug-likeness (QED) is 0.606. The maximum atomic E-state index is 11.4. The maximum absolute atomic E-state index is 11.4. The predicted octanol–water partition coefficient (Wildman–Crippen LogP) is 1.14. The van der Waals surface area contributed by atoms with Gasteiger partial charge >= 0.3 is 0 Å². The summed E-state index contributed by atoms with van der Waals surface area (Å²) in [6.07, 6.45) is 0. The largest absolute Gasteiger partial charge is 0.388 e. The minimum atomic E-state index is -0.472. The third kappa shape index (κ3) is 3.62. The highest BCUT2D eigenvalue weighted by atomic mass is 16.6. The Hall–Kier alpha value is -2.31. The fourth-order valence-corrected chi connectivity index (χ4v) is 1.30. The molecule has 18 heavy (non-hydrogen) atoms. The second-order valence-corrected chi connectivity index (χ2v) is 3.92. The van der Waals surface area contributed by atoms with E-state index in [2.05, 4.69) is 10.6 Å². The van der Waals surface area contributed by atoms with Gasteiger partial charge in [-0.3, -0.25) is 14.9 Å². The van der Waals surface area contributed by atoms with E-state index in [4.69, 9.17) is 0 Å². The van der Waals surface area contributed by atoms with Crippen LogP contribution < -0.4 is 10.6 Å². The van der Waals surface area contributed by atoms with E-state index in [-0.39, 0.29) is 18.1 Å². The van der Waals surface area contributed by atoms with Crippen LogP contribution in [-0.4, -0.2) is 43.4 Å². The first-order valence-corrected chi connectivity index (χ1v) is 5.35. The Bertz CT molecular complexity index is 460. The third-order valence-corrected chi connectivity index (χ3v) is 2.36.